The summed E-state index contributed by atoms with van der Waals surface area (Å²) in [6, 6.07) is 6.10. The highest BCUT2D eigenvalue weighted by atomic mass is 127. The van der Waals surface area contributed by atoms with Gasteiger partial charge in [0.1, 0.15) is 5.82 Å². The molecule has 0 aromatic heterocycles. The van der Waals surface area contributed by atoms with E-state index in [0.717, 1.165) is 31.2 Å². The lowest BCUT2D eigenvalue weighted by molar-refractivity contribution is 0.145. The Hall–Kier alpha value is -1.13. The zero-order valence-corrected chi connectivity index (χ0v) is 20.9. The van der Waals surface area contributed by atoms with Crippen LogP contribution >= 0.6 is 24.0 Å². The summed E-state index contributed by atoms with van der Waals surface area (Å²) in [6.07, 6.45) is 4.99. The molecule has 174 valence electrons. The molecule has 0 saturated carbocycles. The Bertz CT molecular complexity index is 735. The first-order valence-electron chi connectivity index (χ1n) is 11.6. The number of hydrogen-bond donors (Lipinski definition) is 2. The number of aliphatic hydroxyl groups is 1. The molecule has 3 saturated heterocycles. The van der Waals surface area contributed by atoms with Crippen LogP contribution in [0.3, 0.4) is 0 Å². The number of halogens is 2. The molecule has 6 nitrogen and oxygen atoms in total. The fourth-order valence-electron chi connectivity index (χ4n) is 4.94. The minimum absolute atomic E-state index is 0. The second-order valence-corrected chi connectivity index (χ2v) is 8.81. The molecule has 4 rings (SSSR count). The molecule has 3 aliphatic rings. The van der Waals surface area contributed by atoms with Gasteiger partial charge in [-0.2, -0.15) is 0 Å². The highest BCUT2D eigenvalue weighted by Crippen LogP contribution is 2.25. The molecule has 0 aliphatic carbocycles. The van der Waals surface area contributed by atoms with Crippen LogP contribution in [-0.2, 0) is 6.54 Å². The standard InChI is InChI=1S/C23H36FN5O.HI/c1-2-25-23(29-12-7-19(17-29)27-10-3-4-11-27)26-16-18-5-6-22(21(24)15-18)28-13-8-20(30)9-14-28;/h5-6,15,19-20,30H,2-4,7-14,16-17H2,1H3,(H,25,26);1H. The lowest BCUT2D eigenvalue weighted by Crippen LogP contribution is -2.42. The fraction of sp³-hybridized carbons (Fsp3) is 0.696. The van der Waals surface area contributed by atoms with E-state index in [1.54, 1.807) is 6.07 Å². The lowest BCUT2D eigenvalue weighted by Gasteiger charge is -2.31. The molecule has 2 N–H and O–H groups in total. The number of nitrogens with one attached hydrogen (secondary N) is 1. The number of nitrogens with zero attached hydrogens (tertiary/aromatic N) is 4. The van der Waals surface area contributed by atoms with Gasteiger partial charge in [0, 0.05) is 38.8 Å². The van der Waals surface area contributed by atoms with Crippen LogP contribution in [0.1, 0.15) is 44.6 Å². The smallest absolute Gasteiger partial charge is 0.194 e. The van der Waals surface area contributed by atoms with E-state index in [9.17, 15) is 9.50 Å². The van der Waals surface area contributed by atoms with Crippen molar-refractivity contribution in [3.8, 4) is 0 Å². The summed E-state index contributed by atoms with van der Waals surface area (Å²) >= 11 is 0. The van der Waals surface area contributed by atoms with Crippen LogP contribution in [0.2, 0.25) is 0 Å². The van der Waals surface area contributed by atoms with Gasteiger partial charge in [0.05, 0.1) is 18.3 Å². The number of rotatable bonds is 5. The minimum atomic E-state index is -0.252. The highest BCUT2D eigenvalue weighted by Gasteiger charge is 2.30. The number of aliphatic imine (C=N–C) groups is 1. The second kappa shape index (κ2) is 11.7. The zero-order chi connectivity index (χ0) is 20.9. The van der Waals surface area contributed by atoms with Gasteiger partial charge in [-0.15, -0.1) is 24.0 Å². The van der Waals surface area contributed by atoms with E-state index in [1.165, 1.54) is 32.4 Å². The topological polar surface area (TPSA) is 54.3 Å². The molecule has 8 heteroatoms. The van der Waals surface area contributed by atoms with Crippen molar-refractivity contribution in [2.24, 2.45) is 4.99 Å². The Kier molecular flexibility index (Phi) is 9.21. The van der Waals surface area contributed by atoms with Crippen LogP contribution in [-0.4, -0.2) is 78.8 Å². The third-order valence-electron chi connectivity index (χ3n) is 6.68. The van der Waals surface area contributed by atoms with E-state index in [2.05, 4.69) is 22.0 Å². The quantitative estimate of drug-likeness (QED) is 0.339. The van der Waals surface area contributed by atoms with Gasteiger partial charge in [0.2, 0.25) is 0 Å². The average molecular weight is 545 g/mol. The monoisotopic (exact) mass is 545 g/mol. The van der Waals surface area contributed by atoms with E-state index in [-0.39, 0.29) is 35.9 Å². The summed E-state index contributed by atoms with van der Waals surface area (Å²) in [4.78, 5) is 11.8. The van der Waals surface area contributed by atoms with E-state index in [0.29, 0.717) is 44.2 Å². The molecular formula is C23H37FIN5O. The van der Waals surface area contributed by atoms with Gasteiger partial charge in [0.25, 0.3) is 0 Å². The van der Waals surface area contributed by atoms with Crippen molar-refractivity contribution < 1.29 is 9.50 Å². The molecular weight excluding hydrogens is 508 g/mol. The number of hydrogen-bond acceptors (Lipinski definition) is 4. The van der Waals surface area contributed by atoms with Gasteiger partial charge in [0.15, 0.2) is 5.96 Å². The number of anilines is 1. The van der Waals surface area contributed by atoms with E-state index < -0.39 is 0 Å². The van der Waals surface area contributed by atoms with Crippen molar-refractivity contribution in [2.45, 2.75) is 57.7 Å². The number of likely N-dealkylation sites (tertiary alicyclic amines) is 2. The van der Waals surface area contributed by atoms with Gasteiger partial charge < -0.3 is 20.2 Å². The normalized spacial score (nSPS) is 23.3. The first-order valence-corrected chi connectivity index (χ1v) is 11.6. The van der Waals surface area contributed by atoms with Gasteiger partial charge >= 0.3 is 0 Å². The molecule has 0 spiro atoms. The average Bonchev–Trinajstić information content (AvgIpc) is 3.44. The summed E-state index contributed by atoms with van der Waals surface area (Å²) in [7, 11) is 0. The SMILES string of the molecule is CCNC(=NCc1ccc(N2CCC(O)CC2)c(F)c1)N1CCC(N2CCCC2)C1.I. The predicted octanol–water partition coefficient (Wildman–Crippen LogP) is 3.04. The Morgan fingerprint density at radius 3 is 2.55 bits per heavy atom. The number of aliphatic hydroxyl groups excluding tert-OH is 1. The van der Waals surface area contributed by atoms with Gasteiger partial charge in [-0.1, -0.05) is 6.07 Å². The van der Waals surface area contributed by atoms with Crippen molar-refractivity contribution in [2.75, 3.05) is 50.7 Å². The van der Waals surface area contributed by atoms with Crippen LogP contribution in [0, 0.1) is 5.82 Å². The van der Waals surface area contributed by atoms with Crippen molar-refractivity contribution in [3.63, 3.8) is 0 Å². The second-order valence-electron chi connectivity index (χ2n) is 8.81. The van der Waals surface area contributed by atoms with Crippen LogP contribution in [0.25, 0.3) is 0 Å². The molecule has 0 radical (unpaired) electrons. The molecule has 0 amide bonds. The van der Waals surface area contributed by atoms with E-state index in [1.807, 2.05) is 17.0 Å². The van der Waals surface area contributed by atoms with E-state index in [4.69, 9.17) is 4.99 Å². The maximum atomic E-state index is 14.7. The molecule has 1 unspecified atom stereocenters. The first kappa shape index (κ1) is 24.5. The third kappa shape index (κ3) is 6.22. The summed E-state index contributed by atoms with van der Waals surface area (Å²) in [5, 5.41) is 13.1. The Morgan fingerprint density at radius 2 is 1.87 bits per heavy atom. The molecule has 3 fully saturated rings. The minimum Gasteiger partial charge on any atom is -0.393 e. The third-order valence-corrected chi connectivity index (χ3v) is 6.68. The summed E-state index contributed by atoms with van der Waals surface area (Å²) in [6.45, 7) is 9.32. The highest BCUT2D eigenvalue weighted by molar-refractivity contribution is 14.0. The van der Waals surface area contributed by atoms with Crippen LogP contribution < -0.4 is 10.2 Å². The number of benzene rings is 1. The summed E-state index contributed by atoms with van der Waals surface area (Å²) < 4.78 is 14.7. The molecule has 1 atom stereocenters. The molecule has 1 aromatic rings. The molecule has 1 aromatic carbocycles. The Labute approximate surface area is 202 Å². The van der Waals surface area contributed by atoms with Gasteiger partial charge in [-0.05, 0) is 69.8 Å². The van der Waals surface area contributed by atoms with Gasteiger partial charge in [-0.3, -0.25) is 4.90 Å². The summed E-state index contributed by atoms with van der Waals surface area (Å²) in [5.41, 5.74) is 1.52. The molecule has 31 heavy (non-hydrogen) atoms. The zero-order valence-electron chi connectivity index (χ0n) is 18.6. The maximum Gasteiger partial charge on any atom is 0.194 e. The van der Waals surface area contributed by atoms with Crippen molar-refractivity contribution in [3.05, 3.63) is 29.6 Å². The van der Waals surface area contributed by atoms with Gasteiger partial charge in [-0.25, -0.2) is 9.38 Å². The predicted molar refractivity (Wildman–Crippen MR) is 135 cm³/mol. The first-order chi connectivity index (χ1) is 14.6. The molecule has 3 aliphatic heterocycles. The fourth-order valence-corrected chi connectivity index (χ4v) is 4.94. The van der Waals surface area contributed by atoms with E-state index >= 15 is 0 Å². The van der Waals surface area contributed by atoms with Crippen LogP contribution in [0.4, 0.5) is 10.1 Å². The van der Waals surface area contributed by atoms with Crippen molar-refractivity contribution in [1.29, 1.82) is 0 Å². The molecule has 3 heterocycles. The van der Waals surface area contributed by atoms with Crippen molar-refractivity contribution >= 4 is 35.6 Å². The maximum absolute atomic E-state index is 14.7. The number of guanidine groups is 1. The Balaban J connectivity index is 0.00000272. The lowest BCUT2D eigenvalue weighted by atomic mass is 10.1. The molecule has 0 bridgehead atoms. The van der Waals surface area contributed by atoms with Crippen LogP contribution in [0.5, 0.6) is 0 Å². The number of piperidine rings is 1. The largest absolute Gasteiger partial charge is 0.393 e. The Morgan fingerprint density at radius 1 is 1.13 bits per heavy atom. The van der Waals surface area contributed by atoms with Crippen LogP contribution in [0.15, 0.2) is 23.2 Å². The van der Waals surface area contributed by atoms with Crippen molar-refractivity contribution in [1.82, 2.24) is 15.1 Å². The summed E-state index contributed by atoms with van der Waals surface area (Å²) in [5.74, 6) is 0.744.